The number of allylic oxidation sites excluding steroid dienone is 3. The Morgan fingerprint density at radius 1 is 1.06 bits per heavy atom. The lowest BCUT2D eigenvalue weighted by Crippen LogP contribution is -2.24. The highest BCUT2D eigenvalue weighted by Crippen LogP contribution is 2.39. The maximum Gasteiger partial charge on any atom is 0.491 e. The van der Waals surface area contributed by atoms with E-state index < -0.39 is 52.1 Å². The molecule has 0 saturated heterocycles. The summed E-state index contributed by atoms with van der Waals surface area (Å²) in [5.74, 6) is -5.55. The van der Waals surface area contributed by atoms with Gasteiger partial charge in [-0.2, -0.15) is 13.2 Å². The normalized spacial score (nSPS) is 17.1. The molecule has 1 aliphatic rings. The van der Waals surface area contributed by atoms with Gasteiger partial charge in [0.15, 0.2) is 0 Å². The number of benzene rings is 2. The van der Waals surface area contributed by atoms with Crippen LogP contribution in [0.25, 0.3) is 6.08 Å². The molecule has 2 N–H and O–H groups in total. The number of fused-ring (bicyclic) bond motifs is 1. The molecular weight excluding hydrogens is 489 g/mol. The van der Waals surface area contributed by atoms with Gasteiger partial charge in [-0.05, 0) is 30.6 Å². The number of phenols is 2. The molecule has 1 heterocycles. The quantitative estimate of drug-likeness (QED) is 0.360. The van der Waals surface area contributed by atoms with E-state index in [9.17, 15) is 33.0 Å². The van der Waals surface area contributed by atoms with Crippen LogP contribution in [0.4, 0.5) is 13.2 Å². The number of carbonyl (C=O) groups excluding carboxylic acids is 2. The van der Waals surface area contributed by atoms with Crippen molar-refractivity contribution in [3.8, 4) is 11.5 Å². The van der Waals surface area contributed by atoms with Crippen LogP contribution in [0.5, 0.6) is 11.5 Å². The molecule has 0 saturated carbocycles. The summed E-state index contributed by atoms with van der Waals surface area (Å²) in [6, 6.07) is 9.59. The van der Waals surface area contributed by atoms with E-state index in [1.165, 1.54) is 6.08 Å². The average molecular weight is 509 g/mol. The Balaban J connectivity index is 2.15. The second-order valence-electron chi connectivity index (χ2n) is 7.44. The van der Waals surface area contributed by atoms with E-state index in [0.717, 1.165) is 18.2 Å². The monoisotopic (exact) mass is 508 g/mol. The summed E-state index contributed by atoms with van der Waals surface area (Å²) in [4.78, 5) is 24.6. The van der Waals surface area contributed by atoms with Crippen molar-refractivity contribution < 1.29 is 42.4 Å². The van der Waals surface area contributed by atoms with Crippen molar-refractivity contribution in [2.45, 2.75) is 31.5 Å². The number of aromatic hydroxyl groups is 2. The van der Waals surface area contributed by atoms with Crippen LogP contribution in [-0.2, 0) is 14.3 Å². The molecule has 0 unspecified atom stereocenters. The van der Waals surface area contributed by atoms with E-state index in [4.69, 9.17) is 16.3 Å². The Morgan fingerprint density at radius 3 is 2.43 bits per heavy atom. The Morgan fingerprint density at radius 2 is 1.74 bits per heavy atom. The molecule has 0 fully saturated rings. The average Bonchev–Trinajstić information content (AvgIpc) is 2.80. The molecule has 10 heteroatoms. The van der Waals surface area contributed by atoms with Gasteiger partial charge in [-0.1, -0.05) is 60.2 Å². The molecular formula is C25H20ClF3O6. The standard InChI is InChI=1S/C25H20ClF3O6/c26-22-17-13-16(34-24(33)25(27,28)29)11-7-2-1-3-8-12-20(15-9-5-4-6-10-15)35-23(32)21(17)18(30)14-19(22)31/h3-11,13-14,20,30-31H,1-2,12H2/t20-/m1/s1. The number of cyclic esters (lactones) is 1. The SMILES string of the molecule is O=C1O[C@@H](c2ccccc2)CC=CCCC=CC(OC(=O)C(F)(F)F)=Cc2c(Cl)c(O)cc(O)c21. The molecule has 0 aliphatic carbocycles. The minimum atomic E-state index is -5.29. The maximum absolute atomic E-state index is 13.1. The molecule has 0 aromatic heterocycles. The zero-order valence-corrected chi connectivity index (χ0v) is 18.8. The van der Waals surface area contributed by atoms with Crippen LogP contribution < -0.4 is 0 Å². The molecule has 0 spiro atoms. The highest BCUT2D eigenvalue weighted by molar-refractivity contribution is 6.34. The number of carbonyl (C=O) groups is 2. The van der Waals surface area contributed by atoms with Gasteiger partial charge in [0.1, 0.15) is 28.9 Å². The number of rotatable bonds is 2. The predicted molar refractivity (Wildman–Crippen MR) is 122 cm³/mol. The highest BCUT2D eigenvalue weighted by atomic mass is 35.5. The van der Waals surface area contributed by atoms with E-state index in [0.29, 0.717) is 24.8 Å². The first-order chi connectivity index (χ1) is 16.6. The number of halogens is 4. The number of hydrogen-bond acceptors (Lipinski definition) is 6. The van der Waals surface area contributed by atoms with Crippen LogP contribution in [0.2, 0.25) is 5.02 Å². The molecule has 3 rings (SSSR count). The summed E-state index contributed by atoms with van der Waals surface area (Å²) in [5.41, 5.74) is -0.245. The number of ether oxygens (including phenoxy) is 2. The molecule has 2 aromatic carbocycles. The Labute approximate surface area is 203 Å². The van der Waals surface area contributed by atoms with Crippen molar-refractivity contribution in [1.29, 1.82) is 0 Å². The third kappa shape index (κ3) is 6.66. The number of phenolic OH excluding ortho intramolecular Hbond substituents is 2. The molecule has 184 valence electrons. The van der Waals surface area contributed by atoms with Crippen LogP contribution in [0.1, 0.15) is 46.9 Å². The van der Waals surface area contributed by atoms with E-state index in [1.807, 2.05) is 6.08 Å². The van der Waals surface area contributed by atoms with Gasteiger partial charge in [-0.3, -0.25) is 0 Å². The molecule has 35 heavy (non-hydrogen) atoms. The first-order valence-corrected chi connectivity index (χ1v) is 10.8. The van der Waals surface area contributed by atoms with Gasteiger partial charge in [0.05, 0.1) is 5.02 Å². The molecule has 2 aromatic rings. The minimum absolute atomic E-state index is 0.311. The Kier molecular flexibility index (Phi) is 8.24. The van der Waals surface area contributed by atoms with Gasteiger partial charge in [0.25, 0.3) is 0 Å². The van der Waals surface area contributed by atoms with Crippen LogP contribution in [-0.4, -0.2) is 28.3 Å². The van der Waals surface area contributed by atoms with Crippen molar-refractivity contribution in [1.82, 2.24) is 0 Å². The molecule has 0 radical (unpaired) electrons. The number of hydrogen-bond donors (Lipinski definition) is 2. The maximum atomic E-state index is 13.1. The Hall–Kier alpha value is -3.72. The molecule has 1 aliphatic heterocycles. The second-order valence-corrected chi connectivity index (χ2v) is 7.82. The fraction of sp³-hybridized carbons (Fsp3) is 0.200. The van der Waals surface area contributed by atoms with Gasteiger partial charge in [-0.15, -0.1) is 0 Å². The summed E-state index contributed by atoms with van der Waals surface area (Å²) in [6.07, 6.45) is 2.17. The summed E-state index contributed by atoms with van der Waals surface area (Å²) >= 11 is 6.13. The first-order valence-electron chi connectivity index (χ1n) is 10.4. The van der Waals surface area contributed by atoms with Crippen LogP contribution in [0.15, 0.2) is 66.5 Å². The van der Waals surface area contributed by atoms with Gasteiger partial charge in [0, 0.05) is 18.1 Å². The zero-order chi connectivity index (χ0) is 25.6. The van der Waals surface area contributed by atoms with E-state index in [1.54, 1.807) is 36.4 Å². The number of alkyl halides is 3. The largest absolute Gasteiger partial charge is 0.507 e. The van der Waals surface area contributed by atoms with Crippen molar-refractivity contribution >= 4 is 29.6 Å². The first kappa shape index (κ1) is 25.9. The highest BCUT2D eigenvalue weighted by Gasteiger charge is 2.41. The van der Waals surface area contributed by atoms with Gasteiger partial charge < -0.3 is 19.7 Å². The van der Waals surface area contributed by atoms with E-state index >= 15 is 0 Å². The summed E-state index contributed by atoms with van der Waals surface area (Å²) in [6.45, 7) is 0. The zero-order valence-electron chi connectivity index (χ0n) is 18.1. The predicted octanol–water partition coefficient (Wildman–Crippen LogP) is 6.39. The lowest BCUT2D eigenvalue weighted by Gasteiger charge is -2.19. The smallest absolute Gasteiger partial charge is 0.491 e. The van der Waals surface area contributed by atoms with Crippen LogP contribution in [0.3, 0.4) is 0 Å². The summed E-state index contributed by atoms with van der Waals surface area (Å²) in [7, 11) is 0. The molecule has 6 nitrogen and oxygen atoms in total. The lowest BCUT2D eigenvalue weighted by molar-refractivity contribution is -0.194. The number of esters is 2. The van der Waals surface area contributed by atoms with Crippen molar-refractivity contribution in [2.24, 2.45) is 0 Å². The topological polar surface area (TPSA) is 93.1 Å². The lowest BCUT2D eigenvalue weighted by atomic mass is 10.0. The van der Waals surface area contributed by atoms with Crippen molar-refractivity contribution in [3.05, 3.63) is 88.2 Å². The van der Waals surface area contributed by atoms with Crippen molar-refractivity contribution in [3.63, 3.8) is 0 Å². The minimum Gasteiger partial charge on any atom is -0.507 e. The van der Waals surface area contributed by atoms with Gasteiger partial charge in [0.2, 0.25) is 0 Å². The van der Waals surface area contributed by atoms with E-state index in [2.05, 4.69) is 4.74 Å². The fourth-order valence-electron chi connectivity index (χ4n) is 3.26. The molecule has 0 bridgehead atoms. The van der Waals surface area contributed by atoms with Crippen molar-refractivity contribution in [2.75, 3.05) is 0 Å². The molecule has 0 amide bonds. The summed E-state index contributed by atoms with van der Waals surface area (Å²) < 4.78 is 48.5. The fourth-order valence-corrected chi connectivity index (χ4v) is 3.46. The van der Waals surface area contributed by atoms with Gasteiger partial charge in [-0.25, -0.2) is 9.59 Å². The second kappa shape index (κ2) is 11.1. The third-order valence-corrected chi connectivity index (χ3v) is 5.31. The van der Waals surface area contributed by atoms with Crippen LogP contribution in [0, 0.1) is 0 Å². The van der Waals surface area contributed by atoms with Crippen LogP contribution >= 0.6 is 11.6 Å². The Bertz CT molecular complexity index is 1190. The van der Waals surface area contributed by atoms with Gasteiger partial charge >= 0.3 is 18.1 Å². The summed E-state index contributed by atoms with van der Waals surface area (Å²) in [5, 5.41) is 20.0. The molecule has 1 atom stereocenters. The van der Waals surface area contributed by atoms with E-state index in [-0.39, 0.29) is 5.56 Å². The third-order valence-electron chi connectivity index (χ3n) is 4.91.